The summed E-state index contributed by atoms with van der Waals surface area (Å²) in [4.78, 5) is 19.4. The maximum atomic E-state index is 12.4. The molecule has 0 unspecified atom stereocenters. The molecule has 0 saturated carbocycles. The number of piperazine rings is 1. The maximum Gasteiger partial charge on any atom is 0.265 e. The summed E-state index contributed by atoms with van der Waals surface area (Å²) in [5, 5.41) is 4.37. The van der Waals surface area contributed by atoms with Gasteiger partial charge in [0.25, 0.3) is 5.91 Å². The van der Waals surface area contributed by atoms with Crippen LogP contribution in [0.5, 0.6) is 0 Å². The Labute approximate surface area is 118 Å². The molecule has 2 heterocycles. The van der Waals surface area contributed by atoms with Crippen molar-refractivity contribution in [2.24, 2.45) is 0 Å². The quantitative estimate of drug-likeness (QED) is 0.860. The van der Waals surface area contributed by atoms with E-state index in [2.05, 4.69) is 24.1 Å². The maximum absolute atomic E-state index is 12.4. The molecule has 1 aliphatic heterocycles. The molecule has 6 heteroatoms. The number of aryl methyl sites for hydroxylation is 2. The predicted octanol–water partition coefficient (Wildman–Crippen LogP) is 2.01. The van der Waals surface area contributed by atoms with E-state index in [4.69, 9.17) is 0 Å². The van der Waals surface area contributed by atoms with Crippen molar-refractivity contribution in [2.45, 2.75) is 33.2 Å². The Hall–Kier alpha value is -0.650. The molecule has 0 aromatic carbocycles. The summed E-state index contributed by atoms with van der Waals surface area (Å²) >= 11 is 1.49. The average Bonchev–Trinajstić information content (AvgIpc) is 2.55. The number of nitrogens with zero attached hydrogens (tertiary/aromatic N) is 2. The van der Waals surface area contributed by atoms with Crippen LogP contribution in [0.4, 0.5) is 0 Å². The van der Waals surface area contributed by atoms with Crippen LogP contribution < -0.4 is 5.32 Å². The number of thiazole rings is 1. The lowest BCUT2D eigenvalue weighted by Gasteiger charge is -2.39. The van der Waals surface area contributed by atoms with Gasteiger partial charge in [0.15, 0.2) is 0 Å². The molecule has 1 fully saturated rings. The lowest BCUT2D eigenvalue weighted by Crippen LogP contribution is -2.58. The van der Waals surface area contributed by atoms with Gasteiger partial charge in [-0.25, -0.2) is 4.98 Å². The van der Waals surface area contributed by atoms with E-state index in [0.29, 0.717) is 0 Å². The highest BCUT2D eigenvalue weighted by molar-refractivity contribution is 7.13. The Kier molecular flexibility index (Phi) is 4.75. The van der Waals surface area contributed by atoms with Gasteiger partial charge >= 0.3 is 0 Å². The van der Waals surface area contributed by atoms with Gasteiger partial charge in [0.2, 0.25) is 0 Å². The first-order valence-corrected chi connectivity index (χ1v) is 6.69. The fourth-order valence-corrected chi connectivity index (χ4v) is 3.08. The van der Waals surface area contributed by atoms with Gasteiger partial charge in [-0.05, 0) is 27.7 Å². The van der Waals surface area contributed by atoms with Gasteiger partial charge < -0.3 is 10.2 Å². The molecule has 0 atom stereocenters. The summed E-state index contributed by atoms with van der Waals surface area (Å²) in [7, 11) is 0. The molecule has 0 radical (unpaired) electrons. The number of amides is 1. The first-order chi connectivity index (χ1) is 7.89. The van der Waals surface area contributed by atoms with Gasteiger partial charge in [-0.2, -0.15) is 0 Å². The largest absolute Gasteiger partial charge is 0.335 e. The summed E-state index contributed by atoms with van der Waals surface area (Å²) in [5.41, 5.74) is 0.857. The van der Waals surface area contributed by atoms with Crippen molar-refractivity contribution in [3.8, 4) is 0 Å². The zero-order chi connectivity index (χ0) is 12.6. The molecular formula is C12H20ClN3OS. The first kappa shape index (κ1) is 15.4. The SMILES string of the molecule is Cc1nc(C)c(C(=O)N2CCNC(C)(C)C2)s1.Cl. The van der Waals surface area contributed by atoms with Crippen LogP contribution in [0, 0.1) is 13.8 Å². The Balaban J connectivity index is 0.00000162. The van der Waals surface area contributed by atoms with Crippen LogP contribution in [-0.2, 0) is 0 Å². The third-order valence-electron chi connectivity index (χ3n) is 2.96. The third-order valence-corrected chi connectivity index (χ3v) is 4.02. The fourth-order valence-electron chi connectivity index (χ4n) is 2.19. The number of carbonyl (C=O) groups is 1. The van der Waals surface area contributed by atoms with Crippen LogP contribution in [0.1, 0.15) is 34.2 Å². The molecule has 0 spiro atoms. The third kappa shape index (κ3) is 3.22. The van der Waals surface area contributed by atoms with E-state index in [1.54, 1.807) is 0 Å². The Morgan fingerprint density at radius 3 is 2.61 bits per heavy atom. The van der Waals surface area contributed by atoms with Crippen LogP contribution in [0.2, 0.25) is 0 Å². The normalized spacial score (nSPS) is 18.3. The smallest absolute Gasteiger partial charge is 0.265 e. The van der Waals surface area contributed by atoms with E-state index in [-0.39, 0.29) is 23.9 Å². The topological polar surface area (TPSA) is 45.2 Å². The highest BCUT2D eigenvalue weighted by Gasteiger charge is 2.30. The summed E-state index contributed by atoms with van der Waals surface area (Å²) in [6, 6.07) is 0. The number of aromatic nitrogens is 1. The van der Waals surface area contributed by atoms with Crippen LogP contribution >= 0.6 is 23.7 Å². The molecular weight excluding hydrogens is 270 g/mol. The van der Waals surface area contributed by atoms with Gasteiger partial charge in [-0.15, -0.1) is 23.7 Å². The van der Waals surface area contributed by atoms with Crippen LogP contribution in [0.15, 0.2) is 0 Å². The standard InChI is InChI=1S/C12H19N3OS.ClH/c1-8-10(17-9(2)14-8)11(16)15-6-5-13-12(3,4)7-15;/h13H,5-7H2,1-4H3;1H. The molecule has 1 aromatic rings. The predicted molar refractivity (Wildman–Crippen MR) is 76.8 cm³/mol. The van der Waals surface area contributed by atoms with Crippen LogP contribution in [-0.4, -0.2) is 41.0 Å². The highest BCUT2D eigenvalue weighted by Crippen LogP contribution is 2.21. The van der Waals surface area contributed by atoms with Crippen molar-refractivity contribution in [2.75, 3.05) is 19.6 Å². The van der Waals surface area contributed by atoms with E-state index in [0.717, 1.165) is 35.2 Å². The molecule has 1 aliphatic rings. The van der Waals surface area contributed by atoms with E-state index in [1.165, 1.54) is 11.3 Å². The van der Waals surface area contributed by atoms with Crippen LogP contribution in [0.25, 0.3) is 0 Å². The van der Waals surface area contributed by atoms with Gasteiger partial charge in [0.05, 0.1) is 10.7 Å². The molecule has 1 amide bonds. The van der Waals surface area contributed by atoms with Crippen molar-refractivity contribution in [1.29, 1.82) is 0 Å². The minimum absolute atomic E-state index is 0. The van der Waals surface area contributed by atoms with Gasteiger partial charge in [-0.1, -0.05) is 0 Å². The second kappa shape index (κ2) is 5.55. The number of carbonyl (C=O) groups excluding carboxylic acids is 1. The molecule has 2 rings (SSSR count). The van der Waals surface area contributed by atoms with Gasteiger partial charge in [0, 0.05) is 25.2 Å². The van der Waals surface area contributed by atoms with E-state index in [1.807, 2.05) is 18.7 Å². The lowest BCUT2D eigenvalue weighted by molar-refractivity contribution is 0.0656. The molecule has 1 saturated heterocycles. The summed E-state index contributed by atoms with van der Waals surface area (Å²) in [6.07, 6.45) is 0. The van der Waals surface area contributed by atoms with Gasteiger partial charge in [-0.3, -0.25) is 4.79 Å². The average molecular weight is 290 g/mol. The van der Waals surface area contributed by atoms with Gasteiger partial charge in [0.1, 0.15) is 4.88 Å². The second-order valence-electron chi connectivity index (χ2n) is 5.18. The summed E-state index contributed by atoms with van der Waals surface area (Å²) < 4.78 is 0. The molecule has 0 aliphatic carbocycles. The van der Waals surface area contributed by atoms with E-state index in [9.17, 15) is 4.79 Å². The summed E-state index contributed by atoms with van der Waals surface area (Å²) in [5.74, 6) is 0.127. The molecule has 1 N–H and O–H groups in total. The lowest BCUT2D eigenvalue weighted by atomic mass is 10.0. The number of rotatable bonds is 1. The number of nitrogens with one attached hydrogen (secondary N) is 1. The zero-order valence-electron chi connectivity index (χ0n) is 11.2. The summed E-state index contributed by atoms with van der Waals surface area (Å²) in [6.45, 7) is 10.5. The van der Waals surface area contributed by atoms with Crippen molar-refractivity contribution < 1.29 is 4.79 Å². The minimum Gasteiger partial charge on any atom is -0.335 e. The molecule has 0 bridgehead atoms. The molecule has 102 valence electrons. The number of hydrogen-bond acceptors (Lipinski definition) is 4. The molecule has 1 aromatic heterocycles. The van der Waals surface area contributed by atoms with Crippen molar-refractivity contribution in [1.82, 2.24) is 15.2 Å². The van der Waals surface area contributed by atoms with Crippen LogP contribution in [0.3, 0.4) is 0 Å². The number of hydrogen-bond donors (Lipinski definition) is 1. The van der Waals surface area contributed by atoms with Crippen molar-refractivity contribution in [3.63, 3.8) is 0 Å². The molecule has 18 heavy (non-hydrogen) atoms. The minimum atomic E-state index is 0. The Bertz CT molecular complexity index is 445. The van der Waals surface area contributed by atoms with Crippen molar-refractivity contribution >= 4 is 29.7 Å². The van der Waals surface area contributed by atoms with E-state index >= 15 is 0 Å². The molecule has 4 nitrogen and oxygen atoms in total. The zero-order valence-corrected chi connectivity index (χ0v) is 12.9. The first-order valence-electron chi connectivity index (χ1n) is 5.87. The Morgan fingerprint density at radius 2 is 2.11 bits per heavy atom. The number of halogens is 1. The Morgan fingerprint density at radius 1 is 1.44 bits per heavy atom. The highest BCUT2D eigenvalue weighted by atomic mass is 35.5. The van der Waals surface area contributed by atoms with Crippen molar-refractivity contribution in [3.05, 3.63) is 15.6 Å². The fraction of sp³-hybridized carbons (Fsp3) is 0.667. The monoisotopic (exact) mass is 289 g/mol. The second-order valence-corrected chi connectivity index (χ2v) is 6.39. The van der Waals surface area contributed by atoms with E-state index < -0.39 is 0 Å².